The standard InChI is InChI=1S/C19H24N2O2S/c1-15-3-2-4-16(11-15)12-19(22)20-13-18(17-5-8-23-14-17)21-6-9-24-10-7-21/h2-5,8,11,14,18H,6-7,9-10,12-13H2,1H3,(H,20,22). The molecule has 1 aliphatic rings. The molecule has 0 aliphatic carbocycles. The maximum Gasteiger partial charge on any atom is 0.224 e. The van der Waals surface area contributed by atoms with E-state index >= 15 is 0 Å². The number of carbonyl (C=O) groups is 1. The van der Waals surface area contributed by atoms with Gasteiger partial charge in [-0.1, -0.05) is 29.8 Å². The molecular formula is C19H24N2O2S. The number of thioether (sulfide) groups is 1. The maximum atomic E-state index is 12.3. The molecule has 1 fully saturated rings. The van der Waals surface area contributed by atoms with Crippen molar-refractivity contribution in [1.29, 1.82) is 0 Å². The summed E-state index contributed by atoms with van der Waals surface area (Å²) in [6.45, 7) is 4.77. The molecule has 1 atom stereocenters. The minimum Gasteiger partial charge on any atom is -0.472 e. The van der Waals surface area contributed by atoms with Crippen molar-refractivity contribution in [2.24, 2.45) is 0 Å². The number of benzene rings is 1. The highest BCUT2D eigenvalue weighted by Crippen LogP contribution is 2.24. The molecule has 0 saturated carbocycles. The predicted octanol–water partition coefficient (Wildman–Crippen LogP) is 3.04. The van der Waals surface area contributed by atoms with Gasteiger partial charge in [-0.3, -0.25) is 9.69 Å². The number of aryl methyl sites for hydroxylation is 1. The fourth-order valence-electron chi connectivity index (χ4n) is 3.09. The molecule has 0 spiro atoms. The molecular weight excluding hydrogens is 320 g/mol. The number of hydrogen-bond donors (Lipinski definition) is 1. The maximum absolute atomic E-state index is 12.3. The van der Waals surface area contributed by atoms with Gasteiger partial charge in [-0.05, 0) is 18.6 Å². The van der Waals surface area contributed by atoms with E-state index in [0.29, 0.717) is 13.0 Å². The first-order valence-corrected chi connectivity index (χ1v) is 9.54. The van der Waals surface area contributed by atoms with Gasteiger partial charge in [-0.15, -0.1) is 0 Å². The van der Waals surface area contributed by atoms with Crippen LogP contribution in [0.15, 0.2) is 47.3 Å². The van der Waals surface area contributed by atoms with Gasteiger partial charge >= 0.3 is 0 Å². The second-order valence-electron chi connectivity index (χ2n) is 6.19. The molecule has 1 saturated heterocycles. The van der Waals surface area contributed by atoms with Crippen molar-refractivity contribution in [2.45, 2.75) is 19.4 Å². The van der Waals surface area contributed by atoms with Crippen LogP contribution in [0.5, 0.6) is 0 Å². The Morgan fingerprint density at radius 2 is 2.17 bits per heavy atom. The molecule has 1 aliphatic heterocycles. The molecule has 2 heterocycles. The summed E-state index contributed by atoms with van der Waals surface area (Å²) in [4.78, 5) is 14.8. The van der Waals surface area contributed by atoms with Crippen LogP contribution in [0.2, 0.25) is 0 Å². The largest absolute Gasteiger partial charge is 0.472 e. The smallest absolute Gasteiger partial charge is 0.224 e. The number of nitrogens with zero attached hydrogens (tertiary/aromatic N) is 1. The van der Waals surface area contributed by atoms with Gasteiger partial charge in [0.25, 0.3) is 0 Å². The Labute approximate surface area is 147 Å². The number of amides is 1. The third-order valence-corrected chi connectivity index (χ3v) is 5.30. The topological polar surface area (TPSA) is 45.5 Å². The molecule has 0 bridgehead atoms. The first-order chi connectivity index (χ1) is 11.7. The molecule has 2 aromatic rings. The molecule has 1 aromatic heterocycles. The summed E-state index contributed by atoms with van der Waals surface area (Å²) < 4.78 is 5.26. The van der Waals surface area contributed by atoms with Gasteiger partial charge in [0.2, 0.25) is 5.91 Å². The van der Waals surface area contributed by atoms with E-state index < -0.39 is 0 Å². The number of carbonyl (C=O) groups excluding carboxylic acids is 1. The second kappa shape index (κ2) is 8.40. The van der Waals surface area contributed by atoms with E-state index in [4.69, 9.17) is 4.42 Å². The summed E-state index contributed by atoms with van der Waals surface area (Å²) in [6, 6.07) is 10.3. The van der Waals surface area contributed by atoms with Crippen molar-refractivity contribution in [3.8, 4) is 0 Å². The molecule has 5 heteroatoms. The summed E-state index contributed by atoms with van der Waals surface area (Å²) in [6.07, 6.45) is 3.92. The lowest BCUT2D eigenvalue weighted by Gasteiger charge is -2.34. The van der Waals surface area contributed by atoms with Gasteiger partial charge in [0.1, 0.15) is 0 Å². The minimum atomic E-state index is 0.0699. The van der Waals surface area contributed by atoms with Crippen molar-refractivity contribution in [1.82, 2.24) is 10.2 Å². The van der Waals surface area contributed by atoms with Gasteiger partial charge < -0.3 is 9.73 Å². The van der Waals surface area contributed by atoms with E-state index in [0.717, 1.165) is 35.7 Å². The highest BCUT2D eigenvalue weighted by Gasteiger charge is 2.23. The van der Waals surface area contributed by atoms with Gasteiger partial charge in [-0.2, -0.15) is 11.8 Å². The minimum absolute atomic E-state index is 0.0699. The van der Waals surface area contributed by atoms with Gasteiger partial charge in [0.15, 0.2) is 0 Å². The molecule has 4 nitrogen and oxygen atoms in total. The average molecular weight is 344 g/mol. The lowest BCUT2D eigenvalue weighted by Crippen LogP contribution is -2.42. The Kier molecular flexibility index (Phi) is 5.99. The van der Waals surface area contributed by atoms with E-state index in [-0.39, 0.29) is 11.9 Å². The second-order valence-corrected chi connectivity index (χ2v) is 7.42. The molecule has 1 N–H and O–H groups in total. The van der Waals surface area contributed by atoms with Gasteiger partial charge in [0, 0.05) is 36.7 Å². The Balaban J connectivity index is 1.59. The number of hydrogen-bond acceptors (Lipinski definition) is 4. The molecule has 24 heavy (non-hydrogen) atoms. The monoisotopic (exact) mass is 344 g/mol. The first-order valence-electron chi connectivity index (χ1n) is 8.38. The number of rotatable bonds is 6. The lowest BCUT2D eigenvalue weighted by atomic mass is 10.1. The third kappa shape index (κ3) is 4.65. The van der Waals surface area contributed by atoms with E-state index in [1.165, 1.54) is 5.56 Å². The quantitative estimate of drug-likeness (QED) is 0.875. The molecule has 1 aromatic carbocycles. The van der Waals surface area contributed by atoms with E-state index in [2.05, 4.69) is 16.3 Å². The fourth-order valence-corrected chi connectivity index (χ4v) is 4.02. The van der Waals surface area contributed by atoms with Crippen LogP contribution in [0.1, 0.15) is 22.7 Å². The van der Waals surface area contributed by atoms with Crippen LogP contribution in [0, 0.1) is 6.92 Å². The zero-order valence-corrected chi connectivity index (χ0v) is 14.8. The van der Waals surface area contributed by atoms with Crippen molar-refractivity contribution in [2.75, 3.05) is 31.1 Å². The van der Waals surface area contributed by atoms with Gasteiger partial charge in [-0.25, -0.2) is 0 Å². The van der Waals surface area contributed by atoms with Crippen molar-refractivity contribution >= 4 is 17.7 Å². The van der Waals surface area contributed by atoms with Crippen LogP contribution in [0.25, 0.3) is 0 Å². The summed E-state index contributed by atoms with van der Waals surface area (Å²) >= 11 is 1.99. The van der Waals surface area contributed by atoms with Crippen LogP contribution in [-0.2, 0) is 11.2 Å². The van der Waals surface area contributed by atoms with Crippen LogP contribution < -0.4 is 5.32 Å². The van der Waals surface area contributed by atoms with E-state index in [1.54, 1.807) is 12.5 Å². The Morgan fingerprint density at radius 1 is 1.33 bits per heavy atom. The van der Waals surface area contributed by atoms with Gasteiger partial charge in [0.05, 0.1) is 25.0 Å². The summed E-state index contributed by atoms with van der Waals surface area (Å²) in [7, 11) is 0. The van der Waals surface area contributed by atoms with Crippen LogP contribution in [-0.4, -0.2) is 41.9 Å². The van der Waals surface area contributed by atoms with Crippen molar-refractivity contribution in [3.05, 3.63) is 59.5 Å². The normalized spacial score (nSPS) is 16.7. The number of nitrogens with one attached hydrogen (secondary N) is 1. The zero-order valence-electron chi connectivity index (χ0n) is 14.0. The first kappa shape index (κ1) is 17.1. The van der Waals surface area contributed by atoms with Crippen LogP contribution in [0.4, 0.5) is 0 Å². The summed E-state index contributed by atoms with van der Waals surface area (Å²) in [5, 5.41) is 3.11. The molecule has 128 valence electrons. The number of furan rings is 1. The third-order valence-electron chi connectivity index (χ3n) is 4.35. The van der Waals surface area contributed by atoms with Crippen molar-refractivity contribution in [3.63, 3.8) is 0 Å². The van der Waals surface area contributed by atoms with Crippen molar-refractivity contribution < 1.29 is 9.21 Å². The molecule has 1 amide bonds. The predicted molar refractivity (Wildman–Crippen MR) is 98.2 cm³/mol. The Bertz CT molecular complexity index is 651. The molecule has 0 radical (unpaired) electrons. The Hall–Kier alpha value is -1.72. The lowest BCUT2D eigenvalue weighted by molar-refractivity contribution is -0.120. The summed E-state index contributed by atoms with van der Waals surface area (Å²) in [5.41, 5.74) is 3.38. The zero-order chi connectivity index (χ0) is 16.8. The highest BCUT2D eigenvalue weighted by molar-refractivity contribution is 7.99. The SMILES string of the molecule is Cc1cccc(CC(=O)NCC(c2ccoc2)N2CCSCC2)c1. The molecule has 3 rings (SSSR count). The summed E-state index contributed by atoms with van der Waals surface area (Å²) in [5.74, 6) is 2.36. The van der Waals surface area contributed by atoms with E-state index in [1.807, 2.05) is 43.0 Å². The van der Waals surface area contributed by atoms with Crippen LogP contribution in [0.3, 0.4) is 0 Å². The van der Waals surface area contributed by atoms with E-state index in [9.17, 15) is 4.79 Å². The fraction of sp³-hybridized carbons (Fsp3) is 0.421. The van der Waals surface area contributed by atoms with Crippen LogP contribution >= 0.6 is 11.8 Å². The average Bonchev–Trinajstić information content (AvgIpc) is 3.10. The highest BCUT2D eigenvalue weighted by atomic mass is 32.2. The molecule has 1 unspecified atom stereocenters. The Morgan fingerprint density at radius 3 is 2.88 bits per heavy atom.